The van der Waals surface area contributed by atoms with Gasteiger partial charge in [-0.3, -0.25) is 0 Å². The first kappa shape index (κ1) is 12.1. The summed E-state index contributed by atoms with van der Waals surface area (Å²) >= 11 is 11.5. The summed E-state index contributed by atoms with van der Waals surface area (Å²) in [4.78, 5) is 7.73. The molecule has 0 aliphatic heterocycles. The predicted molar refractivity (Wildman–Crippen MR) is 63.3 cm³/mol. The molecule has 1 aromatic carbocycles. The van der Waals surface area contributed by atoms with Crippen molar-refractivity contribution in [2.75, 3.05) is 0 Å². The third-order valence-corrected chi connectivity index (χ3v) is 2.75. The molecule has 0 aliphatic carbocycles. The minimum Gasteiger partial charge on any atom is -0.439 e. The van der Waals surface area contributed by atoms with Crippen LogP contribution < -0.4 is 4.74 Å². The molecule has 0 bridgehead atoms. The second-order valence-corrected chi connectivity index (χ2v) is 4.04. The normalized spacial score (nSPS) is 10.4. The Kier molecular flexibility index (Phi) is 3.45. The van der Waals surface area contributed by atoms with E-state index in [9.17, 15) is 4.39 Å². The van der Waals surface area contributed by atoms with Gasteiger partial charge in [-0.15, -0.1) is 0 Å². The van der Waals surface area contributed by atoms with Gasteiger partial charge in [0.2, 0.25) is 5.88 Å². The fourth-order valence-corrected chi connectivity index (χ4v) is 1.46. The summed E-state index contributed by atoms with van der Waals surface area (Å²) in [5.74, 6) is 0.193. The van der Waals surface area contributed by atoms with E-state index in [1.54, 1.807) is 6.92 Å². The second kappa shape index (κ2) is 4.85. The summed E-state index contributed by atoms with van der Waals surface area (Å²) < 4.78 is 18.4. The highest BCUT2D eigenvalue weighted by molar-refractivity contribution is 6.31. The van der Waals surface area contributed by atoms with E-state index in [0.29, 0.717) is 22.3 Å². The van der Waals surface area contributed by atoms with Crippen molar-refractivity contribution in [3.8, 4) is 11.6 Å². The van der Waals surface area contributed by atoms with E-state index in [1.807, 2.05) is 0 Å². The van der Waals surface area contributed by atoms with E-state index in [0.717, 1.165) is 0 Å². The monoisotopic (exact) mass is 272 g/mol. The Morgan fingerprint density at radius 2 is 2.00 bits per heavy atom. The lowest BCUT2D eigenvalue weighted by Gasteiger charge is -2.08. The highest BCUT2D eigenvalue weighted by atomic mass is 35.5. The van der Waals surface area contributed by atoms with Crippen LogP contribution in [0.2, 0.25) is 10.2 Å². The summed E-state index contributed by atoms with van der Waals surface area (Å²) in [7, 11) is 0. The van der Waals surface area contributed by atoms with Crippen LogP contribution in [0.3, 0.4) is 0 Å². The minimum atomic E-state index is -0.503. The summed E-state index contributed by atoms with van der Waals surface area (Å²) in [6, 6.07) is 4.04. The molecule has 0 unspecified atom stereocenters. The van der Waals surface area contributed by atoms with Gasteiger partial charge in [0.15, 0.2) is 0 Å². The van der Waals surface area contributed by atoms with Crippen LogP contribution in [0, 0.1) is 12.7 Å². The molecule has 6 heteroatoms. The van der Waals surface area contributed by atoms with Gasteiger partial charge in [-0.05, 0) is 19.1 Å². The number of hydrogen-bond donors (Lipinski definition) is 0. The zero-order valence-corrected chi connectivity index (χ0v) is 10.3. The molecule has 0 aliphatic rings. The van der Waals surface area contributed by atoms with Crippen LogP contribution >= 0.6 is 23.2 Å². The van der Waals surface area contributed by atoms with Gasteiger partial charge in [0.1, 0.15) is 23.0 Å². The van der Waals surface area contributed by atoms with Crippen molar-refractivity contribution in [1.82, 2.24) is 9.97 Å². The first-order valence-corrected chi connectivity index (χ1v) is 5.43. The zero-order valence-electron chi connectivity index (χ0n) is 8.75. The Labute approximate surface area is 107 Å². The van der Waals surface area contributed by atoms with Gasteiger partial charge in [0.25, 0.3) is 0 Å². The largest absolute Gasteiger partial charge is 0.439 e. The molecule has 0 radical (unpaired) electrons. The third-order valence-electron chi connectivity index (χ3n) is 2.08. The van der Waals surface area contributed by atoms with E-state index in [4.69, 9.17) is 27.9 Å². The van der Waals surface area contributed by atoms with E-state index in [-0.39, 0.29) is 5.02 Å². The Morgan fingerprint density at radius 3 is 2.71 bits per heavy atom. The molecule has 0 amide bonds. The quantitative estimate of drug-likeness (QED) is 0.775. The lowest BCUT2D eigenvalue weighted by molar-refractivity contribution is 0.456. The molecule has 17 heavy (non-hydrogen) atoms. The highest BCUT2D eigenvalue weighted by Gasteiger charge is 2.08. The Morgan fingerprint density at radius 1 is 1.24 bits per heavy atom. The Hall–Kier alpha value is -1.39. The zero-order chi connectivity index (χ0) is 12.4. The summed E-state index contributed by atoms with van der Waals surface area (Å²) in [5, 5.41) is 0.295. The average molecular weight is 273 g/mol. The molecule has 0 saturated heterocycles. The van der Waals surface area contributed by atoms with Crippen molar-refractivity contribution < 1.29 is 9.13 Å². The summed E-state index contributed by atoms with van der Waals surface area (Å²) in [6.45, 7) is 1.72. The van der Waals surface area contributed by atoms with E-state index >= 15 is 0 Å². The lowest BCUT2D eigenvalue weighted by atomic mass is 10.3. The molecule has 1 aromatic heterocycles. The van der Waals surface area contributed by atoms with Crippen LogP contribution in [0.4, 0.5) is 4.39 Å². The molecule has 2 aromatic rings. The van der Waals surface area contributed by atoms with E-state index < -0.39 is 5.82 Å². The molecule has 1 heterocycles. The Bertz CT molecular complexity index is 563. The molecule has 3 nitrogen and oxygen atoms in total. The summed E-state index contributed by atoms with van der Waals surface area (Å²) in [5.41, 5.74) is 0.606. The van der Waals surface area contributed by atoms with Crippen LogP contribution in [0.5, 0.6) is 11.6 Å². The fraction of sp³-hybridized carbons (Fsp3) is 0.0909. The SMILES string of the molecule is Cc1c(Cl)ncnc1Oc1ccc(F)c(Cl)c1. The van der Waals surface area contributed by atoms with Gasteiger partial charge < -0.3 is 4.74 Å². The van der Waals surface area contributed by atoms with Crippen LogP contribution in [-0.4, -0.2) is 9.97 Å². The van der Waals surface area contributed by atoms with Crippen molar-refractivity contribution in [1.29, 1.82) is 0 Å². The van der Waals surface area contributed by atoms with Gasteiger partial charge in [0, 0.05) is 11.6 Å². The van der Waals surface area contributed by atoms with Crippen molar-refractivity contribution in [2.24, 2.45) is 0 Å². The standard InChI is InChI=1S/C11H7Cl2FN2O/c1-6-10(13)15-5-16-11(6)17-7-2-3-9(14)8(12)4-7/h2-5H,1H3. The van der Waals surface area contributed by atoms with Gasteiger partial charge in [-0.1, -0.05) is 23.2 Å². The van der Waals surface area contributed by atoms with Gasteiger partial charge in [-0.25, -0.2) is 14.4 Å². The number of hydrogen-bond acceptors (Lipinski definition) is 3. The molecule has 0 fully saturated rings. The van der Waals surface area contributed by atoms with E-state index in [2.05, 4.69) is 9.97 Å². The molecule has 2 rings (SSSR count). The number of aromatic nitrogens is 2. The van der Waals surface area contributed by atoms with Gasteiger partial charge in [0.05, 0.1) is 5.02 Å². The van der Waals surface area contributed by atoms with Crippen molar-refractivity contribution >= 4 is 23.2 Å². The minimum absolute atomic E-state index is 0.0136. The van der Waals surface area contributed by atoms with Gasteiger partial charge >= 0.3 is 0 Å². The van der Waals surface area contributed by atoms with Crippen molar-refractivity contribution in [2.45, 2.75) is 6.92 Å². The molecular formula is C11H7Cl2FN2O. The van der Waals surface area contributed by atoms with Gasteiger partial charge in [-0.2, -0.15) is 0 Å². The summed E-state index contributed by atoms with van der Waals surface area (Å²) in [6.07, 6.45) is 1.29. The smallest absolute Gasteiger partial charge is 0.226 e. The van der Waals surface area contributed by atoms with E-state index in [1.165, 1.54) is 24.5 Å². The molecule has 0 N–H and O–H groups in total. The van der Waals surface area contributed by atoms with Crippen LogP contribution in [0.15, 0.2) is 24.5 Å². The maximum absolute atomic E-state index is 12.9. The highest BCUT2D eigenvalue weighted by Crippen LogP contribution is 2.28. The topological polar surface area (TPSA) is 35.0 Å². The molecular weight excluding hydrogens is 266 g/mol. The number of benzene rings is 1. The number of nitrogens with zero attached hydrogens (tertiary/aromatic N) is 2. The van der Waals surface area contributed by atoms with Crippen molar-refractivity contribution in [3.63, 3.8) is 0 Å². The number of ether oxygens (including phenoxy) is 1. The van der Waals surface area contributed by atoms with Crippen LogP contribution in [-0.2, 0) is 0 Å². The van der Waals surface area contributed by atoms with Crippen LogP contribution in [0.25, 0.3) is 0 Å². The first-order chi connectivity index (χ1) is 8.08. The maximum atomic E-state index is 12.9. The van der Waals surface area contributed by atoms with Crippen molar-refractivity contribution in [3.05, 3.63) is 46.1 Å². The molecule has 0 spiro atoms. The Balaban J connectivity index is 2.31. The number of rotatable bonds is 2. The lowest BCUT2D eigenvalue weighted by Crippen LogP contribution is -1.94. The second-order valence-electron chi connectivity index (χ2n) is 3.27. The predicted octanol–water partition coefficient (Wildman–Crippen LogP) is 4.02. The molecule has 0 saturated carbocycles. The molecule has 88 valence electrons. The average Bonchev–Trinajstić information content (AvgIpc) is 2.30. The third kappa shape index (κ3) is 2.65. The molecule has 0 atom stereocenters. The maximum Gasteiger partial charge on any atom is 0.226 e. The first-order valence-electron chi connectivity index (χ1n) is 4.68. The number of halogens is 3. The fourth-order valence-electron chi connectivity index (χ4n) is 1.17. The van der Waals surface area contributed by atoms with Crippen LogP contribution in [0.1, 0.15) is 5.56 Å².